The number of nitrogens with one attached hydrogen (secondary N) is 1. The van der Waals surface area contributed by atoms with E-state index in [0.29, 0.717) is 5.69 Å². The number of anilines is 1. The molecule has 2 aromatic carbocycles. The highest BCUT2D eigenvalue weighted by Gasteiger charge is 2.20. The van der Waals surface area contributed by atoms with E-state index in [1.807, 2.05) is 49.4 Å². The number of aromatic nitrogens is 1. The van der Waals surface area contributed by atoms with Crippen LogP contribution in [-0.2, 0) is 27.8 Å². The summed E-state index contributed by atoms with van der Waals surface area (Å²) < 4.78 is 26.8. The van der Waals surface area contributed by atoms with E-state index < -0.39 is 10.0 Å². The number of nitrogens with zero attached hydrogens (tertiary/aromatic N) is 2. The lowest BCUT2D eigenvalue weighted by atomic mass is 10.2. The molecule has 7 heteroatoms. The lowest BCUT2D eigenvalue weighted by Crippen LogP contribution is -2.26. The van der Waals surface area contributed by atoms with Gasteiger partial charge >= 0.3 is 0 Å². The molecule has 0 fully saturated rings. The predicted octanol–water partition coefficient (Wildman–Crippen LogP) is 3.39. The van der Waals surface area contributed by atoms with Crippen LogP contribution in [0.2, 0.25) is 0 Å². The molecule has 29 heavy (non-hydrogen) atoms. The van der Waals surface area contributed by atoms with Crippen molar-refractivity contribution in [1.29, 1.82) is 0 Å². The number of aryl methyl sites for hydroxylation is 1. The molecule has 0 saturated heterocycles. The molecule has 0 atom stereocenters. The Bertz CT molecular complexity index is 1060. The lowest BCUT2D eigenvalue weighted by Gasteiger charge is -2.17. The molecule has 0 unspecified atom stereocenters. The van der Waals surface area contributed by atoms with Crippen LogP contribution in [-0.4, -0.2) is 30.7 Å². The first-order valence-electron chi connectivity index (χ1n) is 9.16. The van der Waals surface area contributed by atoms with Crippen molar-refractivity contribution < 1.29 is 13.2 Å². The van der Waals surface area contributed by atoms with E-state index in [0.717, 1.165) is 16.8 Å². The molecule has 0 radical (unpaired) electrons. The summed E-state index contributed by atoms with van der Waals surface area (Å²) in [5.41, 5.74) is 3.16. The van der Waals surface area contributed by atoms with E-state index in [-0.39, 0.29) is 23.8 Å². The van der Waals surface area contributed by atoms with Gasteiger partial charge in [-0.05, 0) is 48.4 Å². The van der Waals surface area contributed by atoms with Crippen LogP contribution in [0.5, 0.6) is 0 Å². The highest BCUT2D eigenvalue weighted by atomic mass is 32.2. The number of hydrogen-bond acceptors (Lipinski definition) is 4. The zero-order chi connectivity index (χ0) is 20.9. The van der Waals surface area contributed by atoms with Gasteiger partial charge < -0.3 is 5.32 Å². The largest absolute Gasteiger partial charge is 0.326 e. The maximum absolute atomic E-state index is 12.8. The lowest BCUT2D eigenvalue weighted by molar-refractivity contribution is -0.115. The summed E-state index contributed by atoms with van der Waals surface area (Å²) in [5.74, 6) is -0.188. The Kier molecular flexibility index (Phi) is 6.41. The zero-order valence-electron chi connectivity index (χ0n) is 16.4. The maximum atomic E-state index is 12.8. The van der Waals surface area contributed by atoms with Crippen LogP contribution in [0.3, 0.4) is 0 Å². The smallest absolute Gasteiger partial charge is 0.243 e. The molecular weight excluding hydrogens is 386 g/mol. The van der Waals surface area contributed by atoms with Crippen molar-refractivity contribution in [3.63, 3.8) is 0 Å². The minimum Gasteiger partial charge on any atom is -0.326 e. The van der Waals surface area contributed by atoms with Crippen molar-refractivity contribution in [3.8, 4) is 0 Å². The maximum Gasteiger partial charge on any atom is 0.243 e. The van der Waals surface area contributed by atoms with E-state index in [4.69, 9.17) is 0 Å². The molecule has 6 nitrogen and oxygen atoms in total. The first-order valence-corrected chi connectivity index (χ1v) is 10.6. The molecule has 0 aliphatic heterocycles. The first kappa shape index (κ1) is 20.7. The van der Waals surface area contributed by atoms with E-state index in [2.05, 4.69) is 10.3 Å². The summed E-state index contributed by atoms with van der Waals surface area (Å²) in [4.78, 5) is 16.5. The molecule has 1 N–H and O–H groups in total. The van der Waals surface area contributed by atoms with Crippen molar-refractivity contribution in [2.75, 3.05) is 12.4 Å². The van der Waals surface area contributed by atoms with Gasteiger partial charge in [0.05, 0.1) is 11.3 Å². The molecule has 0 aliphatic rings. The summed E-state index contributed by atoms with van der Waals surface area (Å²) in [6.45, 7) is 2.17. The molecule has 0 saturated carbocycles. The second kappa shape index (κ2) is 8.98. The van der Waals surface area contributed by atoms with Gasteiger partial charge in [-0.25, -0.2) is 8.42 Å². The van der Waals surface area contributed by atoms with Gasteiger partial charge in [0.15, 0.2) is 0 Å². The number of rotatable bonds is 7. The number of carbonyl (C=O) groups is 1. The summed E-state index contributed by atoms with van der Waals surface area (Å²) >= 11 is 0. The molecule has 0 aliphatic carbocycles. The molecule has 0 spiro atoms. The van der Waals surface area contributed by atoms with Crippen LogP contribution < -0.4 is 5.32 Å². The Hall–Kier alpha value is -3.03. The number of benzene rings is 2. The fourth-order valence-corrected chi connectivity index (χ4v) is 3.97. The Balaban J connectivity index is 1.64. The van der Waals surface area contributed by atoms with E-state index >= 15 is 0 Å². The van der Waals surface area contributed by atoms with Crippen molar-refractivity contribution in [1.82, 2.24) is 9.29 Å². The van der Waals surface area contributed by atoms with E-state index in [1.54, 1.807) is 25.4 Å². The Morgan fingerprint density at radius 2 is 1.66 bits per heavy atom. The molecular formula is C22H23N3O3S. The standard InChI is InChI=1S/C22H23N3O3S/c1-17-8-9-19(15-23-17)14-22(26)24-20-10-12-21(13-11-20)29(27,28)25(2)16-18-6-4-3-5-7-18/h3-13,15H,14,16H2,1-2H3,(H,24,26). The van der Waals surface area contributed by atoms with Crippen molar-refractivity contribution in [3.05, 3.63) is 89.7 Å². The van der Waals surface area contributed by atoms with Gasteiger partial charge in [0.1, 0.15) is 0 Å². The normalized spacial score (nSPS) is 11.4. The molecule has 1 heterocycles. The number of amides is 1. The van der Waals surface area contributed by atoms with Gasteiger partial charge in [-0.1, -0.05) is 36.4 Å². The monoisotopic (exact) mass is 409 g/mol. The van der Waals surface area contributed by atoms with E-state index in [9.17, 15) is 13.2 Å². The second-order valence-electron chi connectivity index (χ2n) is 6.80. The topological polar surface area (TPSA) is 79.4 Å². The van der Waals surface area contributed by atoms with Crippen molar-refractivity contribution in [2.24, 2.45) is 0 Å². The molecule has 150 valence electrons. The SMILES string of the molecule is Cc1ccc(CC(=O)Nc2ccc(S(=O)(=O)N(C)Cc3ccccc3)cc2)cn1. The molecule has 3 aromatic rings. The molecule has 1 aromatic heterocycles. The van der Waals surface area contributed by atoms with Crippen LogP contribution in [0.15, 0.2) is 77.8 Å². The van der Waals surface area contributed by atoms with Gasteiger partial charge in [0.2, 0.25) is 15.9 Å². The molecule has 0 bridgehead atoms. The third-order valence-electron chi connectivity index (χ3n) is 4.43. The van der Waals surface area contributed by atoms with Gasteiger partial charge in [0, 0.05) is 31.2 Å². The summed E-state index contributed by atoms with van der Waals surface area (Å²) in [6.07, 6.45) is 1.88. The van der Waals surface area contributed by atoms with Gasteiger partial charge in [0.25, 0.3) is 0 Å². The average Bonchev–Trinajstić information content (AvgIpc) is 2.71. The van der Waals surface area contributed by atoms with Crippen LogP contribution in [0.1, 0.15) is 16.8 Å². The summed E-state index contributed by atoms with van der Waals surface area (Å²) in [7, 11) is -2.07. The quantitative estimate of drug-likeness (QED) is 0.649. The average molecular weight is 410 g/mol. The van der Waals surface area contributed by atoms with Gasteiger partial charge in [-0.3, -0.25) is 9.78 Å². The fraction of sp³-hybridized carbons (Fsp3) is 0.182. The van der Waals surface area contributed by atoms with Crippen LogP contribution in [0.4, 0.5) is 5.69 Å². The Morgan fingerprint density at radius 3 is 2.28 bits per heavy atom. The second-order valence-corrected chi connectivity index (χ2v) is 8.85. The number of pyridine rings is 1. The van der Waals surface area contributed by atoms with E-state index in [1.165, 1.54) is 16.4 Å². The Labute approximate surface area is 171 Å². The molecule has 1 amide bonds. The third kappa shape index (κ3) is 5.49. The fourth-order valence-electron chi connectivity index (χ4n) is 2.81. The summed E-state index contributed by atoms with van der Waals surface area (Å²) in [6, 6.07) is 19.3. The number of sulfonamides is 1. The highest BCUT2D eigenvalue weighted by Crippen LogP contribution is 2.19. The summed E-state index contributed by atoms with van der Waals surface area (Å²) in [5, 5.41) is 2.78. The number of hydrogen-bond donors (Lipinski definition) is 1. The minimum atomic E-state index is -3.62. The van der Waals surface area contributed by atoms with Crippen molar-refractivity contribution >= 4 is 21.6 Å². The van der Waals surface area contributed by atoms with Crippen molar-refractivity contribution in [2.45, 2.75) is 24.8 Å². The predicted molar refractivity (Wildman–Crippen MR) is 113 cm³/mol. The zero-order valence-corrected chi connectivity index (χ0v) is 17.2. The Morgan fingerprint density at radius 1 is 0.966 bits per heavy atom. The molecule has 3 rings (SSSR count). The number of carbonyl (C=O) groups excluding carboxylic acids is 1. The third-order valence-corrected chi connectivity index (χ3v) is 6.25. The van der Waals surface area contributed by atoms with Gasteiger partial charge in [-0.2, -0.15) is 4.31 Å². The minimum absolute atomic E-state index is 0.177. The van der Waals surface area contributed by atoms with Crippen LogP contribution in [0.25, 0.3) is 0 Å². The first-order chi connectivity index (χ1) is 13.8. The van der Waals surface area contributed by atoms with Crippen LogP contribution in [0, 0.1) is 6.92 Å². The van der Waals surface area contributed by atoms with Crippen LogP contribution >= 0.6 is 0 Å². The van der Waals surface area contributed by atoms with Gasteiger partial charge in [-0.15, -0.1) is 0 Å². The highest BCUT2D eigenvalue weighted by molar-refractivity contribution is 7.89.